The molecule has 0 spiro atoms. The van der Waals surface area contributed by atoms with E-state index in [1.807, 2.05) is 0 Å². The number of hydrogen-bond acceptors (Lipinski definition) is 7. The first-order valence-electron chi connectivity index (χ1n) is 13.7. The SMILES string of the molecule is CS(N)(=O)=O.O=C1N=C(N2CCN(C3CC3)CC2)SC1=Cc1ccc2c(cnn2Cc2ccc(C(F)(F)F)cc2C(F)(F)F)c1. The smallest absolute Gasteiger partial charge is 0.348 e. The van der Waals surface area contributed by atoms with Crippen molar-refractivity contribution in [3.05, 3.63) is 69.8 Å². The van der Waals surface area contributed by atoms with Gasteiger partial charge in [-0.05, 0) is 66.1 Å². The number of halogens is 6. The molecule has 45 heavy (non-hydrogen) atoms. The van der Waals surface area contributed by atoms with Crippen LogP contribution in [0.3, 0.4) is 0 Å². The van der Waals surface area contributed by atoms with Crippen LogP contribution >= 0.6 is 11.8 Å². The summed E-state index contributed by atoms with van der Waals surface area (Å²) in [6.45, 7) is 3.19. The zero-order chi connectivity index (χ0) is 32.7. The van der Waals surface area contributed by atoms with Gasteiger partial charge in [-0.15, -0.1) is 0 Å². The highest BCUT2D eigenvalue weighted by atomic mass is 32.2. The summed E-state index contributed by atoms with van der Waals surface area (Å²) in [5.41, 5.74) is -1.84. The molecule has 2 aromatic carbocycles. The summed E-state index contributed by atoms with van der Waals surface area (Å²) < 4.78 is 99.9. The van der Waals surface area contributed by atoms with Gasteiger partial charge in [-0.25, -0.2) is 13.6 Å². The van der Waals surface area contributed by atoms with Crippen LogP contribution < -0.4 is 5.14 Å². The lowest BCUT2D eigenvalue weighted by atomic mass is 10.0. The van der Waals surface area contributed by atoms with E-state index in [9.17, 15) is 39.6 Å². The molecule has 2 fully saturated rings. The third-order valence-corrected chi connectivity index (χ3v) is 8.33. The van der Waals surface area contributed by atoms with Gasteiger partial charge in [-0.2, -0.15) is 36.4 Å². The summed E-state index contributed by atoms with van der Waals surface area (Å²) in [5, 5.41) is 9.80. The van der Waals surface area contributed by atoms with Gasteiger partial charge in [-0.1, -0.05) is 12.1 Å². The number of benzene rings is 2. The Bertz CT molecular complexity index is 1770. The van der Waals surface area contributed by atoms with Crippen molar-refractivity contribution in [2.24, 2.45) is 10.1 Å². The number of piperazine rings is 1. The number of amides is 1. The fraction of sp³-hybridized carbons (Fsp3) is 0.393. The number of sulfonamides is 1. The molecule has 0 unspecified atom stereocenters. The lowest BCUT2D eigenvalue weighted by molar-refractivity contribution is -0.143. The van der Waals surface area contributed by atoms with Crippen LogP contribution in [0.25, 0.3) is 17.0 Å². The van der Waals surface area contributed by atoms with Crippen LogP contribution in [-0.4, -0.2) is 77.5 Å². The number of amidine groups is 1. The Morgan fingerprint density at radius 2 is 1.67 bits per heavy atom. The van der Waals surface area contributed by atoms with Crippen molar-refractivity contribution >= 4 is 49.8 Å². The molecule has 0 atom stereocenters. The number of fused-ring (bicyclic) bond motifs is 1. The van der Waals surface area contributed by atoms with Crippen molar-refractivity contribution in [2.75, 3.05) is 32.4 Å². The van der Waals surface area contributed by atoms with Gasteiger partial charge in [0, 0.05) is 37.6 Å². The fourth-order valence-corrected chi connectivity index (χ4v) is 6.00. The van der Waals surface area contributed by atoms with E-state index in [-0.39, 0.29) is 24.1 Å². The Balaban J connectivity index is 0.000000743. The standard InChI is InChI=1S/C27H23F6N5OS.CH5NO2S/c28-26(29,30)19-3-2-17(21(13-19)27(31,32)33)15-38-22-6-1-16(11-18(22)14-34-38)12-23-24(39)35-25(40-23)37-9-7-36(8-10-37)20-4-5-20;1-5(2,3)4/h1-3,6,11-14,20H,4-5,7-10,15H2;1H3,(H2,2,3,4). The van der Waals surface area contributed by atoms with Gasteiger partial charge in [0.15, 0.2) is 5.17 Å². The number of thioether (sulfide) groups is 1. The number of carbonyl (C=O) groups is 1. The van der Waals surface area contributed by atoms with Crippen molar-refractivity contribution in [1.29, 1.82) is 0 Å². The van der Waals surface area contributed by atoms with Gasteiger partial charge in [0.25, 0.3) is 5.91 Å². The molecule has 17 heteroatoms. The third-order valence-electron chi connectivity index (χ3n) is 7.28. The van der Waals surface area contributed by atoms with E-state index in [2.05, 4.69) is 25.0 Å². The van der Waals surface area contributed by atoms with Gasteiger partial charge in [0.1, 0.15) is 0 Å². The Labute approximate surface area is 258 Å². The largest absolute Gasteiger partial charge is 0.416 e. The van der Waals surface area contributed by atoms with E-state index < -0.39 is 33.5 Å². The number of aromatic nitrogens is 2. The number of primary sulfonamides is 1. The number of alkyl halides is 6. The molecule has 3 aliphatic rings. The summed E-state index contributed by atoms with van der Waals surface area (Å²) in [6, 6.07) is 7.44. The number of hydrogen-bond donors (Lipinski definition) is 1. The molecule has 2 N–H and O–H groups in total. The summed E-state index contributed by atoms with van der Waals surface area (Å²) in [6.07, 6.45) is -3.21. The van der Waals surface area contributed by atoms with Crippen LogP contribution in [0.5, 0.6) is 0 Å². The molecule has 3 heterocycles. The zero-order valence-corrected chi connectivity index (χ0v) is 25.4. The van der Waals surface area contributed by atoms with E-state index in [0.29, 0.717) is 38.6 Å². The minimum Gasteiger partial charge on any atom is -0.348 e. The summed E-state index contributed by atoms with van der Waals surface area (Å²) in [7, 11) is -3.17. The van der Waals surface area contributed by atoms with Crippen LogP contribution in [0.4, 0.5) is 26.3 Å². The summed E-state index contributed by atoms with van der Waals surface area (Å²) >= 11 is 1.33. The van der Waals surface area contributed by atoms with Gasteiger partial charge >= 0.3 is 12.4 Å². The molecule has 1 aromatic heterocycles. The predicted molar refractivity (Wildman–Crippen MR) is 158 cm³/mol. The molecule has 242 valence electrons. The lowest BCUT2D eigenvalue weighted by Crippen LogP contribution is -2.48. The molecule has 1 saturated heterocycles. The Morgan fingerprint density at radius 1 is 1.00 bits per heavy atom. The van der Waals surface area contributed by atoms with Crippen LogP contribution in [0.2, 0.25) is 0 Å². The van der Waals surface area contributed by atoms with E-state index in [1.165, 1.54) is 35.5 Å². The first kappa shape index (κ1) is 33.0. The predicted octanol–water partition coefficient (Wildman–Crippen LogP) is 4.78. The average molecular weight is 675 g/mol. The minimum atomic E-state index is -4.96. The van der Waals surface area contributed by atoms with E-state index in [0.717, 1.165) is 38.5 Å². The van der Waals surface area contributed by atoms with Crippen LogP contribution in [0.15, 0.2) is 52.5 Å². The molecule has 1 amide bonds. The maximum Gasteiger partial charge on any atom is 0.416 e. The topological polar surface area (TPSA) is 114 Å². The van der Waals surface area contributed by atoms with Crippen molar-refractivity contribution in [3.63, 3.8) is 0 Å². The van der Waals surface area contributed by atoms with Gasteiger partial charge in [0.05, 0.1) is 40.5 Å². The second-order valence-electron chi connectivity index (χ2n) is 10.9. The highest BCUT2D eigenvalue weighted by molar-refractivity contribution is 8.18. The quantitative estimate of drug-likeness (QED) is 0.313. The maximum absolute atomic E-state index is 13.6. The van der Waals surface area contributed by atoms with Crippen molar-refractivity contribution in [1.82, 2.24) is 19.6 Å². The van der Waals surface area contributed by atoms with Gasteiger partial charge in [-0.3, -0.25) is 14.4 Å². The highest BCUT2D eigenvalue weighted by Crippen LogP contribution is 2.38. The summed E-state index contributed by atoms with van der Waals surface area (Å²) in [4.78, 5) is 21.9. The first-order valence-corrected chi connectivity index (χ1v) is 16.4. The minimum absolute atomic E-state index is 0.130. The third kappa shape index (κ3) is 8.45. The van der Waals surface area contributed by atoms with E-state index in [1.54, 1.807) is 24.3 Å². The monoisotopic (exact) mass is 674 g/mol. The number of nitrogens with two attached hydrogens (primary N) is 1. The van der Waals surface area contributed by atoms with Crippen molar-refractivity contribution in [3.8, 4) is 0 Å². The first-order chi connectivity index (χ1) is 21.0. The molecule has 1 saturated carbocycles. The van der Waals surface area contributed by atoms with Crippen LogP contribution in [0, 0.1) is 0 Å². The second-order valence-corrected chi connectivity index (χ2v) is 13.5. The lowest BCUT2D eigenvalue weighted by Gasteiger charge is -2.35. The number of rotatable bonds is 4. The number of nitrogens with zero attached hydrogens (tertiary/aromatic N) is 5. The Kier molecular flexibility index (Phi) is 9.09. The maximum atomic E-state index is 13.6. The molecule has 9 nitrogen and oxygen atoms in total. The number of carbonyl (C=O) groups excluding carboxylic acids is 1. The molecule has 2 aliphatic heterocycles. The van der Waals surface area contributed by atoms with Crippen molar-refractivity contribution < 1.29 is 39.6 Å². The van der Waals surface area contributed by atoms with Crippen molar-refractivity contribution in [2.45, 2.75) is 37.8 Å². The fourth-order valence-electron chi connectivity index (χ4n) is 5.04. The van der Waals surface area contributed by atoms with Crippen LogP contribution in [0.1, 0.15) is 35.1 Å². The molecular formula is C28H28F6N6O3S2. The average Bonchev–Trinajstić information content (AvgIpc) is 3.62. The summed E-state index contributed by atoms with van der Waals surface area (Å²) in [5.74, 6) is -0.317. The van der Waals surface area contributed by atoms with Gasteiger partial charge in [0.2, 0.25) is 10.0 Å². The van der Waals surface area contributed by atoms with E-state index in [4.69, 9.17) is 0 Å². The Morgan fingerprint density at radius 3 is 2.27 bits per heavy atom. The molecule has 1 aliphatic carbocycles. The van der Waals surface area contributed by atoms with Crippen LogP contribution in [-0.2, 0) is 33.7 Å². The van der Waals surface area contributed by atoms with E-state index >= 15 is 0 Å². The Hall–Kier alpha value is -3.41. The molecule has 3 aromatic rings. The van der Waals surface area contributed by atoms with Gasteiger partial charge < -0.3 is 4.90 Å². The molecule has 0 radical (unpaired) electrons. The highest BCUT2D eigenvalue weighted by Gasteiger charge is 2.38. The molecule has 0 bridgehead atoms. The molecule has 6 rings (SSSR count). The molecular weight excluding hydrogens is 646 g/mol. The second kappa shape index (κ2) is 12.4. The normalized spacial score (nSPS) is 19.2. The number of aliphatic imine (C=N–C) groups is 1. The zero-order valence-electron chi connectivity index (χ0n) is 23.8.